The second-order valence-electron chi connectivity index (χ2n) is 4.55. The molecule has 3 heteroatoms. The number of aryl methyl sites for hydroxylation is 1. The quantitative estimate of drug-likeness (QED) is 0.785. The monoisotopic (exact) mass is 281 g/mol. The molecular weight excluding hydrogens is 266 g/mol. The molecule has 86 valence electrons. The summed E-state index contributed by atoms with van der Waals surface area (Å²) in [7, 11) is 0. The second-order valence-corrected chi connectivity index (χ2v) is 5.46. The lowest BCUT2D eigenvalue weighted by atomic mass is 10.1. The van der Waals surface area contributed by atoms with Gasteiger partial charge < -0.3 is 4.74 Å². The lowest BCUT2D eigenvalue weighted by Gasteiger charge is -2.32. The summed E-state index contributed by atoms with van der Waals surface area (Å²) in [6, 6.07) is 7.35. The Hall–Kier alpha value is -0.380. The molecule has 0 spiro atoms. The van der Waals surface area contributed by atoms with E-state index in [9.17, 15) is 0 Å². The maximum absolute atomic E-state index is 5.42. The van der Waals surface area contributed by atoms with Crippen LogP contribution >= 0.6 is 15.9 Å². The van der Waals surface area contributed by atoms with Gasteiger partial charge in [0, 0.05) is 23.6 Å². The predicted octanol–water partition coefficient (Wildman–Crippen LogP) is 2.77. The molecule has 1 saturated heterocycles. The van der Waals surface area contributed by atoms with Gasteiger partial charge in [-0.2, -0.15) is 0 Å². The molecule has 1 atom stereocenters. The molecule has 0 radical (unpaired) electrons. The van der Waals surface area contributed by atoms with E-state index >= 15 is 0 Å². The van der Waals surface area contributed by atoms with Gasteiger partial charge in [0.2, 0.25) is 0 Å². The van der Waals surface area contributed by atoms with Crippen LogP contribution in [0.25, 0.3) is 0 Å². The summed E-state index contributed by atoms with van der Waals surface area (Å²) < 4.78 is 6.62. The maximum atomic E-state index is 5.42. The summed E-state index contributed by atoms with van der Waals surface area (Å²) in [5, 5.41) is 0. The first kappa shape index (κ1) is 10.8. The van der Waals surface area contributed by atoms with E-state index in [4.69, 9.17) is 4.74 Å². The predicted molar refractivity (Wildman–Crippen MR) is 67.6 cm³/mol. The number of rotatable bonds is 1. The number of nitrogens with zero attached hydrogens (tertiary/aromatic N) is 1. The van der Waals surface area contributed by atoms with E-state index < -0.39 is 0 Å². The highest BCUT2D eigenvalue weighted by atomic mass is 79.9. The van der Waals surface area contributed by atoms with Crippen molar-refractivity contribution in [1.29, 1.82) is 0 Å². The Balaban J connectivity index is 1.84. The summed E-state index contributed by atoms with van der Waals surface area (Å²) in [5.41, 5.74) is 3.05. The van der Waals surface area contributed by atoms with Crippen molar-refractivity contribution in [3.8, 4) is 0 Å². The number of hydrogen-bond donors (Lipinski definition) is 0. The smallest absolute Gasteiger partial charge is 0.0594 e. The first-order chi connectivity index (χ1) is 7.84. The standard InChI is InChI=1S/C13H16BrNO/c14-11-2-3-12-10(9-11)1-4-13(12)15-5-7-16-8-6-15/h2-3,9,13H,1,4-8H2. The van der Waals surface area contributed by atoms with Crippen molar-refractivity contribution in [2.45, 2.75) is 18.9 Å². The van der Waals surface area contributed by atoms with Crippen LogP contribution in [-0.2, 0) is 11.2 Å². The number of hydrogen-bond acceptors (Lipinski definition) is 2. The van der Waals surface area contributed by atoms with E-state index in [1.54, 1.807) is 0 Å². The molecule has 16 heavy (non-hydrogen) atoms. The molecule has 0 N–H and O–H groups in total. The van der Waals surface area contributed by atoms with Crippen LogP contribution in [0, 0.1) is 0 Å². The Bertz CT molecular complexity index is 388. The third-order valence-corrected chi connectivity index (χ3v) is 4.13. The molecule has 1 heterocycles. The Morgan fingerprint density at radius 3 is 2.88 bits per heavy atom. The first-order valence-electron chi connectivity index (χ1n) is 5.95. The highest BCUT2D eigenvalue weighted by molar-refractivity contribution is 9.10. The van der Waals surface area contributed by atoms with Crippen LogP contribution in [-0.4, -0.2) is 31.2 Å². The molecule has 1 fully saturated rings. The molecule has 0 bridgehead atoms. The fourth-order valence-corrected chi connectivity index (χ4v) is 3.24. The lowest BCUT2D eigenvalue weighted by molar-refractivity contribution is 0.0164. The largest absolute Gasteiger partial charge is 0.379 e. The summed E-state index contributed by atoms with van der Waals surface area (Å²) in [4.78, 5) is 2.57. The minimum atomic E-state index is 0.631. The Labute approximate surface area is 105 Å². The highest BCUT2D eigenvalue weighted by Crippen LogP contribution is 2.37. The fraction of sp³-hybridized carbons (Fsp3) is 0.538. The molecule has 2 aliphatic rings. The Morgan fingerprint density at radius 2 is 2.06 bits per heavy atom. The van der Waals surface area contributed by atoms with E-state index in [-0.39, 0.29) is 0 Å². The normalized spacial score (nSPS) is 25.7. The average molecular weight is 282 g/mol. The van der Waals surface area contributed by atoms with Crippen molar-refractivity contribution in [2.75, 3.05) is 26.3 Å². The molecule has 0 amide bonds. The number of morpholine rings is 1. The molecule has 0 saturated carbocycles. The zero-order valence-corrected chi connectivity index (χ0v) is 10.9. The number of benzene rings is 1. The summed E-state index contributed by atoms with van der Waals surface area (Å²) >= 11 is 3.55. The molecule has 1 aromatic carbocycles. The van der Waals surface area contributed by atoms with Crippen molar-refractivity contribution in [1.82, 2.24) is 4.90 Å². The number of fused-ring (bicyclic) bond motifs is 1. The van der Waals surface area contributed by atoms with Crippen LogP contribution in [0.5, 0.6) is 0 Å². The number of halogens is 1. The van der Waals surface area contributed by atoms with Crippen molar-refractivity contribution < 1.29 is 4.74 Å². The lowest BCUT2D eigenvalue weighted by Crippen LogP contribution is -2.38. The van der Waals surface area contributed by atoms with Gasteiger partial charge in [0.25, 0.3) is 0 Å². The molecule has 0 aromatic heterocycles. The van der Waals surface area contributed by atoms with Gasteiger partial charge in [0.1, 0.15) is 0 Å². The van der Waals surface area contributed by atoms with Gasteiger partial charge in [-0.3, -0.25) is 4.90 Å². The van der Waals surface area contributed by atoms with Crippen molar-refractivity contribution in [3.05, 3.63) is 33.8 Å². The maximum Gasteiger partial charge on any atom is 0.0594 e. The summed E-state index contributed by atoms with van der Waals surface area (Å²) in [6.45, 7) is 3.95. The van der Waals surface area contributed by atoms with Gasteiger partial charge in [-0.15, -0.1) is 0 Å². The van der Waals surface area contributed by atoms with E-state index in [1.165, 1.54) is 28.4 Å². The van der Waals surface area contributed by atoms with E-state index in [0.29, 0.717) is 6.04 Å². The zero-order chi connectivity index (χ0) is 11.0. The third kappa shape index (κ3) is 1.92. The van der Waals surface area contributed by atoms with Crippen molar-refractivity contribution in [3.63, 3.8) is 0 Å². The van der Waals surface area contributed by atoms with Gasteiger partial charge in [-0.25, -0.2) is 0 Å². The highest BCUT2D eigenvalue weighted by Gasteiger charge is 2.28. The van der Waals surface area contributed by atoms with Gasteiger partial charge in [0.15, 0.2) is 0 Å². The van der Waals surface area contributed by atoms with E-state index in [1.807, 2.05) is 0 Å². The topological polar surface area (TPSA) is 12.5 Å². The van der Waals surface area contributed by atoms with Crippen LogP contribution < -0.4 is 0 Å². The second kappa shape index (κ2) is 4.47. The fourth-order valence-electron chi connectivity index (χ4n) is 2.83. The third-order valence-electron chi connectivity index (χ3n) is 3.64. The SMILES string of the molecule is Brc1ccc2c(c1)CCC2N1CCOCC1. The van der Waals surface area contributed by atoms with Gasteiger partial charge in [-0.05, 0) is 36.1 Å². The van der Waals surface area contributed by atoms with Crippen LogP contribution in [0.3, 0.4) is 0 Å². The molecule has 1 aliphatic heterocycles. The molecular formula is C13H16BrNO. The summed E-state index contributed by atoms with van der Waals surface area (Å²) in [6.07, 6.45) is 2.49. The molecule has 1 aliphatic carbocycles. The van der Waals surface area contributed by atoms with E-state index in [2.05, 4.69) is 39.0 Å². The summed E-state index contributed by atoms with van der Waals surface area (Å²) in [5.74, 6) is 0. The molecule has 2 nitrogen and oxygen atoms in total. The molecule has 1 aromatic rings. The van der Waals surface area contributed by atoms with Crippen LogP contribution in [0.15, 0.2) is 22.7 Å². The molecule has 3 rings (SSSR count). The minimum absolute atomic E-state index is 0.631. The van der Waals surface area contributed by atoms with Gasteiger partial charge in [-0.1, -0.05) is 22.0 Å². The van der Waals surface area contributed by atoms with Crippen LogP contribution in [0.2, 0.25) is 0 Å². The van der Waals surface area contributed by atoms with Gasteiger partial charge >= 0.3 is 0 Å². The van der Waals surface area contributed by atoms with Crippen LogP contribution in [0.1, 0.15) is 23.6 Å². The van der Waals surface area contributed by atoms with E-state index in [0.717, 1.165) is 26.3 Å². The molecule has 1 unspecified atom stereocenters. The van der Waals surface area contributed by atoms with Crippen molar-refractivity contribution in [2.24, 2.45) is 0 Å². The zero-order valence-electron chi connectivity index (χ0n) is 9.29. The average Bonchev–Trinajstić information content (AvgIpc) is 2.73. The Kier molecular flexibility index (Phi) is 3.01. The van der Waals surface area contributed by atoms with Gasteiger partial charge in [0.05, 0.1) is 13.2 Å². The Morgan fingerprint density at radius 1 is 1.25 bits per heavy atom. The first-order valence-corrected chi connectivity index (χ1v) is 6.74. The van der Waals surface area contributed by atoms with Crippen molar-refractivity contribution >= 4 is 15.9 Å². The minimum Gasteiger partial charge on any atom is -0.379 e. The number of ether oxygens (including phenoxy) is 1. The van der Waals surface area contributed by atoms with Crippen LogP contribution in [0.4, 0.5) is 0 Å².